The number of carbonyl (C=O) groups is 2. The Morgan fingerprint density at radius 1 is 0.657 bits per heavy atom. The molecule has 4 rings (SSSR count). The molecule has 0 aliphatic heterocycles. The van der Waals surface area contributed by atoms with Gasteiger partial charge in [-0.3, -0.25) is 4.79 Å². The standard InChI is InChI=1S/C29H27N3O2S/c1-20-10-9-15-26(21(20)2)32-28(33)27(22-11-5-3-6-12-22)35-25-18-16-24(17-19-25)31-29(34)30-23-13-7-4-8-14-23/h3-19,27H,1-2H3,(H,32,33)(H2,30,31,34). The monoisotopic (exact) mass is 481 g/mol. The molecule has 3 N–H and O–H groups in total. The van der Waals surface area contributed by atoms with Gasteiger partial charge in [0.05, 0.1) is 0 Å². The lowest BCUT2D eigenvalue weighted by Gasteiger charge is -2.19. The number of amides is 3. The number of rotatable bonds is 7. The van der Waals surface area contributed by atoms with Crippen LogP contribution in [-0.2, 0) is 4.79 Å². The van der Waals surface area contributed by atoms with Gasteiger partial charge in [-0.2, -0.15) is 0 Å². The van der Waals surface area contributed by atoms with E-state index in [0.717, 1.165) is 33.0 Å². The maximum absolute atomic E-state index is 13.4. The van der Waals surface area contributed by atoms with Crippen molar-refractivity contribution in [1.29, 1.82) is 0 Å². The molecule has 6 heteroatoms. The van der Waals surface area contributed by atoms with E-state index in [4.69, 9.17) is 0 Å². The molecule has 176 valence electrons. The molecule has 35 heavy (non-hydrogen) atoms. The molecule has 0 aromatic heterocycles. The zero-order valence-electron chi connectivity index (χ0n) is 19.6. The van der Waals surface area contributed by atoms with Gasteiger partial charge in [0.2, 0.25) is 5.91 Å². The van der Waals surface area contributed by atoms with Gasteiger partial charge in [0, 0.05) is 22.0 Å². The molecule has 4 aromatic rings. The van der Waals surface area contributed by atoms with Crippen molar-refractivity contribution in [2.75, 3.05) is 16.0 Å². The summed E-state index contributed by atoms with van der Waals surface area (Å²) in [6.07, 6.45) is 0. The molecule has 5 nitrogen and oxygen atoms in total. The molecule has 3 amide bonds. The first-order valence-corrected chi connectivity index (χ1v) is 12.2. The Kier molecular flexibility index (Phi) is 7.85. The maximum atomic E-state index is 13.4. The summed E-state index contributed by atoms with van der Waals surface area (Å²) in [5, 5.41) is 8.30. The van der Waals surface area contributed by atoms with Gasteiger partial charge in [0.25, 0.3) is 0 Å². The summed E-state index contributed by atoms with van der Waals surface area (Å²) in [6.45, 7) is 4.04. The van der Waals surface area contributed by atoms with Gasteiger partial charge in [0.15, 0.2) is 0 Å². The fourth-order valence-corrected chi connectivity index (χ4v) is 4.58. The average molecular weight is 482 g/mol. The van der Waals surface area contributed by atoms with Crippen molar-refractivity contribution < 1.29 is 9.59 Å². The molecular formula is C29H27N3O2S. The van der Waals surface area contributed by atoms with Crippen molar-refractivity contribution in [2.45, 2.75) is 24.0 Å². The molecule has 0 fully saturated rings. The molecule has 0 saturated carbocycles. The van der Waals surface area contributed by atoms with E-state index >= 15 is 0 Å². The Morgan fingerprint density at radius 3 is 1.91 bits per heavy atom. The minimum atomic E-state index is -0.434. The molecule has 0 aliphatic carbocycles. The first-order chi connectivity index (χ1) is 17.0. The first kappa shape index (κ1) is 24.1. The third-order valence-corrected chi connectivity index (χ3v) is 6.87. The molecule has 0 aliphatic rings. The number of thioether (sulfide) groups is 1. The zero-order valence-corrected chi connectivity index (χ0v) is 20.4. The van der Waals surface area contributed by atoms with Gasteiger partial charge in [-0.1, -0.05) is 60.7 Å². The number of aryl methyl sites for hydroxylation is 1. The summed E-state index contributed by atoms with van der Waals surface area (Å²) in [4.78, 5) is 26.6. The number of hydrogen-bond acceptors (Lipinski definition) is 3. The van der Waals surface area contributed by atoms with Crippen molar-refractivity contribution >= 4 is 40.8 Å². The lowest BCUT2D eigenvalue weighted by atomic mass is 10.1. The summed E-state index contributed by atoms with van der Waals surface area (Å²) in [6, 6.07) is 32.1. The number of nitrogens with one attached hydrogen (secondary N) is 3. The smallest absolute Gasteiger partial charge is 0.323 e. The van der Waals surface area contributed by atoms with Crippen LogP contribution in [0, 0.1) is 13.8 Å². The van der Waals surface area contributed by atoms with Crippen molar-refractivity contribution in [1.82, 2.24) is 0 Å². The summed E-state index contributed by atoms with van der Waals surface area (Å²) < 4.78 is 0. The Labute approximate surface area is 210 Å². The summed E-state index contributed by atoms with van der Waals surface area (Å²) in [5.74, 6) is -0.0839. The molecule has 0 radical (unpaired) electrons. The number of urea groups is 1. The Hall–Kier alpha value is -4.03. The van der Waals surface area contributed by atoms with Crippen LogP contribution in [0.2, 0.25) is 0 Å². The predicted molar refractivity (Wildman–Crippen MR) is 145 cm³/mol. The second-order valence-electron chi connectivity index (χ2n) is 8.11. The summed E-state index contributed by atoms with van der Waals surface area (Å²) >= 11 is 1.47. The maximum Gasteiger partial charge on any atom is 0.323 e. The Morgan fingerprint density at radius 2 is 1.26 bits per heavy atom. The van der Waals surface area contributed by atoms with Gasteiger partial charge in [-0.05, 0) is 73.0 Å². The van der Waals surface area contributed by atoms with Crippen molar-refractivity contribution in [3.05, 3.63) is 120 Å². The lowest BCUT2D eigenvalue weighted by Crippen LogP contribution is -2.20. The number of hydrogen-bond donors (Lipinski definition) is 3. The highest BCUT2D eigenvalue weighted by Crippen LogP contribution is 2.37. The number of para-hydroxylation sites is 1. The molecular weight excluding hydrogens is 454 g/mol. The first-order valence-electron chi connectivity index (χ1n) is 11.3. The number of benzene rings is 4. The van der Waals surface area contributed by atoms with Gasteiger partial charge >= 0.3 is 6.03 Å². The van der Waals surface area contributed by atoms with E-state index in [-0.39, 0.29) is 11.9 Å². The van der Waals surface area contributed by atoms with E-state index in [1.165, 1.54) is 11.8 Å². The van der Waals surface area contributed by atoms with Crippen LogP contribution < -0.4 is 16.0 Å². The highest BCUT2D eigenvalue weighted by Gasteiger charge is 2.23. The minimum absolute atomic E-state index is 0.0839. The molecule has 0 saturated heterocycles. The van der Waals surface area contributed by atoms with E-state index in [9.17, 15) is 9.59 Å². The van der Waals surface area contributed by atoms with Crippen LogP contribution in [0.3, 0.4) is 0 Å². The summed E-state index contributed by atoms with van der Waals surface area (Å²) in [5.41, 5.74) is 5.31. The van der Waals surface area contributed by atoms with Gasteiger partial charge < -0.3 is 16.0 Å². The summed E-state index contributed by atoms with van der Waals surface area (Å²) in [7, 11) is 0. The van der Waals surface area contributed by atoms with Gasteiger partial charge in [0.1, 0.15) is 5.25 Å². The number of carbonyl (C=O) groups excluding carboxylic acids is 2. The molecule has 0 spiro atoms. The van der Waals surface area contributed by atoms with E-state index < -0.39 is 5.25 Å². The molecule has 0 heterocycles. The fraction of sp³-hybridized carbons (Fsp3) is 0.103. The average Bonchev–Trinajstić information content (AvgIpc) is 2.87. The zero-order chi connectivity index (χ0) is 24.6. The van der Waals surface area contributed by atoms with Crippen molar-refractivity contribution in [2.24, 2.45) is 0 Å². The second-order valence-corrected chi connectivity index (χ2v) is 9.29. The SMILES string of the molecule is Cc1cccc(NC(=O)C(Sc2ccc(NC(=O)Nc3ccccc3)cc2)c2ccccc2)c1C. The molecule has 0 bridgehead atoms. The third-order valence-electron chi connectivity index (χ3n) is 5.60. The van der Waals surface area contributed by atoms with Crippen LogP contribution >= 0.6 is 11.8 Å². The van der Waals surface area contributed by atoms with Gasteiger partial charge in [-0.25, -0.2) is 4.79 Å². The highest BCUT2D eigenvalue weighted by atomic mass is 32.2. The lowest BCUT2D eigenvalue weighted by molar-refractivity contribution is -0.115. The van der Waals surface area contributed by atoms with Crippen LogP contribution in [0.25, 0.3) is 0 Å². The van der Waals surface area contributed by atoms with Crippen molar-refractivity contribution in [3.63, 3.8) is 0 Å². The van der Waals surface area contributed by atoms with E-state index in [1.54, 1.807) is 0 Å². The predicted octanol–water partition coefficient (Wildman–Crippen LogP) is 7.42. The van der Waals surface area contributed by atoms with E-state index in [2.05, 4.69) is 16.0 Å². The van der Waals surface area contributed by atoms with Crippen LogP contribution in [0.1, 0.15) is 21.9 Å². The van der Waals surface area contributed by atoms with Gasteiger partial charge in [-0.15, -0.1) is 11.8 Å². The van der Waals surface area contributed by atoms with E-state index in [0.29, 0.717) is 5.69 Å². The Balaban J connectivity index is 1.46. The van der Waals surface area contributed by atoms with Crippen LogP contribution in [0.4, 0.5) is 21.9 Å². The second kappa shape index (κ2) is 11.4. The quantitative estimate of drug-likeness (QED) is 0.241. The topological polar surface area (TPSA) is 70.2 Å². The van der Waals surface area contributed by atoms with Crippen LogP contribution in [0.5, 0.6) is 0 Å². The number of anilines is 3. The molecule has 4 aromatic carbocycles. The normalized spacial score (nSPS) is 11.4. The largest absolute Gasteiger partial charge is 0.325 e. The van der Waals surface area contributed by atoms with E-state index in [1.807, 2.05) is 117 Å². The molecule has 1 unspecified atom stereocenters. The minimum Gasteiger partial charge on any atom is -0.325 e. The van der Waals surface area contributed by atoms with Crippen LogP contribution in [0.15, 0.2) is 108 Å². The van der Waals surface area contributed by atoms with Crippen LogP contribution in [-0.4, -0.2) is 11.9 Å². The molecule has 1 atom stereocenters. The fourth-order valence-electron chi connectivity index (χ4n) is 3.55. The third kappa shape index (κ3) is 6.52. The van der Waals surface area contributed by atoms with Crippen molar-refractivity contribution in [3.8, 4) is 0 Å². The highest BCUT2D eigenvalue weighted by molar-refractivity contribution is 8.00. The Bertz CT molecular complexity index is 1290.